The molecule has 78 valence electrons. The van der Waals surface area contributed by atoms with Crippen LogP contribution >= 0.6 is 0 Å². The molecule has 0 aromatic carbocycles. The fourth-order valence-electron chi connectivity index (χ4n) is 2.02. The second-order valence-corrected chi connectivity index (χ2v) is 4.72. The van der Waals surface area contributed by atoms with Crippen LogP contribution in [0.1, 0.15) is 53.4 Å². The molecule has 0 N–H and O–H groups in total. The van der Waals surface area contributed by atoms with Crippen LogP contribution in [0.2, 0.25) is 0 Å². The average Bonchev–Trinajstić information content (AvgIpc) is 2.04. The molecule has 0 rings (SSSR count). The standard InChI is InChI=1S/C13H26/c1-6-8-12(4)10-13(5)9-11(3)7-2/h6,11-13H,1,7-10H2,2-5H3. The van der Waals surface area contributed by atoms with Gasteiger partial charge in [-0.25, -0.2) is 0 Å². The Morgan fingerprint density at radius 2 is 1.54 bits per heavy atom. The fraction of sp³-hybridized carbons (Fsp3) is 0.846. The topological polar surface area (TPSA) is 0 Å². The summed E-state index contributed by atoms with van der Waals surface area (Å²) < 4.78 is 0. The van der Waals surface area contributed by atoms with Gasteiger partial charge in [-0.05, 0) is 37.0 Å². The monoisotopic (exact) mass is 182 g/mol. The summed E-state index contributed by atoms with van der Waals surface area (Å²) in [5, 5.41) is 0. The zero-order valence-corrected chi connectivity index (χ0v) is 9.84. The van der Waals surface area contributed by atoms with Crippen molar-refractivity contribution >= 4 is 0 Å². The second-order valence-electron chi connectivity index (χ2n) is 4.72. The maximum absolute atomic E-state index is 3.79. The molecule has 0 spiro atoms. The van der Waals surface area contributed by atoms with E-state index in [1.54, 1.807) is 0 Å². The van der Waals surface area contributed by atoms with Gasteiger partial charge in [0.1, 0.15) is 0 Å². The summed E-state index contributed by atoms with van der Waals surface area (Å²) in [4.78, 5) is 0. The molecule has 0 aliphatic carbocycles. The van der Waals surface area contributed by atoms with Crippen molar-refractivity contribution in [2.75, 3.05) is 0 Å². The molecule has 13 heavy (non-hydrogen) atoms. The first-order valence-electron chi connectivity index (χ1n) is 5.71. The van der Waals surface area contributed by atoms with Crippen LogP contribution in [0.4, 0.5) is 0 Å². The van der Waals surface area contributed by atoms with Gasteiger partial charge in [-0.1, -0.05) is 40.2 Å². The van der Waals surface area contributed by atoms with E-state index >= 15 is 0 Å². The maximum atomic E-state index is 3.79. The smallest absolute Gasteiger partial charge is 0.0327 e. The van der Waals surface area contributed by atoms with Crippen LogP contribution in [0, 0.1) is 17.8 Å². The third kappa shape index (κ3) is 6.86. The van der Waals surface area contributed by atoms with Crippen LogP contribution in [-0.4, -0.2) is 0 Å². The molecule has 0 fully saturated rings. The van der Waals surface area contributed by atoms with Crippen LogP contribution in [-0.2, 0) is 0 Å². The molecule has 0 aliphatic heterocycles. The Labute approximate surface area is 84.4 Å². The van der Waals surface area contributed by atoms with Gasteiger partial charge in [0, 0.05) is 0 Å². The molecule has 0 saturated carbocycles. The van der Waals surface area contributed by atoms with Gasteiger partial charge < -0.3 is 0 Å². The summed E-state index contributed by atoms with van der Waals surface area (Å²) in [5.41, 5.74) is 0. The average molecular weight is 182 g/mol. The zero-order chi connectivity index (χ0) is 10.3. The molecule has 0 aromatic rings. The van der Waals surface area contributed by atoms with Gasteiger partial charge in [0.2, 0.25) is 0 Å². The summed E-state index contributed by atoms with van der Waals surface area (Å²) in [6, 6.07) is 0. The van der Waals surface area contributed by atoms with Crippen molar-refractivity contribution in [3.05, 3.63) is 12.7 Å². The van der Waals surface area contributed by atoms with Crippen LogP contribution < -0.4 is 0 Å². The summed E-state index contributed by atoms with van der Waals surface area (Å²) in [5.74, 6) is 2.59. The second kappa shape index (κ2) is 7.17. The van der Waals surface area contributed by atoms with Crippen LogP contribution in [0.5, 0.6) is 0 Å². The SMILES string of the molecule is C=CCC(C)CC(C)CC(C)CC. The summed E-state index contributed by atoms with van der Waals surface area (Å²) in [6.07, 6.45) is 7.28. The predicted octanol–water partition coefficient (Wildman–Crippen LogP) is 4.66. The lowest BCUT2D eigenvalue weighted by Crippen LogP contribution is -2.06. The summed E-state index contributed by atoms with van der Waals surface area (Å²) >= 11 is 0. The lowest BCUT2D eigenvalue weighted by Gasteiger charge is -2.18. The molecule has 0 heteroatoms. The van der Waals surface area contributed by atoms with E-state index in [0.29, 0.717) is 0 Å². The lowest BCUT2D eigenvalue weighted by molar-refractivity contribution is 0.340. The molecular formula is C13H26. The van der Waals surface area contributed by atoms with E-state index in [-0.39, 0.29) is 0 Å². The lowest BCUT2D eigenvalue weighted by atomic mass is 9.87. The number of hydrogen-bond donors (Lipinski definition) is 0. The molecule has 0 heterocycles. The molecule has 0 saturated heterocycles. The molecule has 0 bridgehead atoms. The van der Waals surface area contributed by atoms with Crippen molar-refractivity contribution in [1.29, 1.82) is 0 Å². The number of hydrogen-bond acceptors (Lipinski definition) is 0. The van der Waals surface area contributed by atoms with Crippen LogP contribution in [0.3, 0.4) is 0 Å². The van der Waals surface area contributed by atoms with Crippen molar-refractivity contribution in [3.63, 3.8) is 0 Å². The van der Waals surface area contributed by atoms with Crippen molar-refractivity contribution < 1.29 is 0 Å². The van der Waals surface area contributed by atoms with E-state index < -0.39 is 0 Å². The van der Waals surface area contributed by atoms with E-state index in [2.05, 4.69) is 34.3 Å². The maximum Gasteiger partial charge on any atom is -0.0327 e. The highest BCUT2D eigenvalue weighted by Crippen LogP contribution is 2.22. The highest BCUT2D eigenvalue weighted by molar-refractivity contribution is 4.72. The molecule has 0 nitrogen and oxygen atoms in total. The minimum Gasteiger partial charge on any atom is -0.103 e. The minimum atomic E-state index is 0.816. The Kier molecular flexibility index (Phi) is 7.03. The van der Waals surface area contributed by atoms with Gasteiger partial charge in [0.15, 0.2) is 0 Å². The minimum absolute atomic E-state index is 0.816. The normalized spacial score (nSPS) is 17.8. The molecule has 3 atom stereocenters. The zero-order valence-electron chi connectivity index (χ0n) is 9.84. The molecule has 3 unspecified atom stereocenters. The summed E-state index contributed by atoms with van der Waals surface area (Å²) in [6.45, 7) is 13.1. The molecule has 0 aromatic heterocycles. The van der Waals surface area contributed by atoms with E-state index in [0.717, 1.165) is 17.8 Å². The number of rotatable bonds is 7. The third-order valence-corrected chi connectivity index (χ3v) is 2.88. The number of allylic oxidation sites excluding steroid dienone is 1. The van der Waals surface area contributed by atoms with Gasteiger partial charge in [-0.2, -0.15) is 0 Å². The Balaban J connectivity index is 3.59. The van der Waals surface area contributed by atoms with E-state index in [9.17, 15) is 0 Å². The van der Waals surface area contributed by atoms with Crippen LogP contribution in [0.15, 0.2) is 12.7 Å². The van der Waals surface area contributed by atoms with E-state index in [1.807, 2.05) is 6.08 Å². The molecule has 0 aliphatic rings. The first kappa shape index (κ1) is 12.7. The molecule has 0 radical (unpaired) electrons. The van der Waals surface area contributed by atoms with E-state index in [1.165, 1.54) is 25.7 Å². The van der Waals surface area contributed by atoms with Crippen molar-refractivity contribution in [2.45, 2.75) is 53.4 Å². The van der Waals surface area contributed by atoms with Gasteiger partial charge in [0.05, 0.1) is 0 Å². The van der Waals surface area contributed by atoms with Gasteiger partial charge >= 0.3 is 0 Å². The van der Waals surface area contributed by atoms with Gasteiger partial charge in [-0.3, -0.25) is 0 Å². The Hall–Kier alpha value is -0.260. The Morgan fingerprint density at radius 1 is 1.00 bits per heavy atom. The Morgan fingerprint density at radius 3 is 2.00 bits per heavy atom. The van der Waals surface area contributed by atoms with Gasteiger partial charge in [-0.15, -0.1) is 6.58 Å². The molecule has 0 amide bonds. The summed E-state index contributed by atoms with van der Waals surface area (Å²) in [7, 11) is 0. The third-order valence-electron chi connectivity index (χ3n) is 2.88. The first-order chi connectivity index (χ1) is 6.10. The quantitative estimate of drug-likeness (QED) is 0.502. The predicted molar refractivity (Wildman–Crippen MR) is 61.8 cm³/mol. The highest BCUT2D eigenvalue weighted by Gasteiger charge is 2.10. The van der Waals surface area contributed by atoms with Crippen LogP contribution in [0.25, 0.3) is 0 Å². The van der Waals surface area contributed by atoms with Crippen molar-refractivity contribution in [2.24, 2.45) is 17.8 Å². The fourth-order valence-corrected chi connectivity index (χ4v) is 2.02. The largest absolute Gasteiger partial charge is 0.103 e. The first-order valence-corrected chi connectivity index (χ1v) is 5.71. The van der Waals surface area contributed by atoms with Gasteiger partial charge in [0.25, 0.3) is 0 Å². The highest BCUT2D eigenvalue weighted by atomic mass is 14.2. The molecular weight excluding hydrogens is 156 g/mol. The van der Waals surface area contributed by atoms with Crippen molar-refractivity contribution in [1.82, 2.24) is 0 Å². The Bertz CT molecular complexity index is 126. The van der Waals surface area contributed by atoms with Crippen molar-refractivity contribution in [3.8, 4) is 0 Å². The van der Waals surface area contributed by atoms with E-state index in [4.69, 9.17) is 0 Å².